The van der Waals surface area contributed by atoms with Crippen molar-refractivity contribution in [3.8, 4) is 52.6 Å². The van der Waals surface area contributed by atoms with Gasteiger partial charge in [-0.2, -0.15) is 0 Å². The summed E-state index contributed by atoms with van der Waals surface area (Å²) in [4.78, 5) is 14.0. The minimum Gasteiger partial charge on any atom is -0.354 e. The van der Waals surface area contributed by atoms with E-state index in [1.807, 2.05) is 54.6 Å². The molecular formula is C48H30N4Zn. The van der Waals surface area contributed by atoms with Gasteiger partial charge in [0.15, 0.2) is 0 Å². The number of hydrogen-bond acceptors (Lipinski definition) is 2. The van der Waals surface area contributed by atoms with E-state index in [1.54, 1.807) is 0 Å². The summed E-state index contributed by atoms with van der Waals surface area (Å²) in [6.07, 6.45) is 18.8. The second-order valence-corrected chi connectivity index (χ2v) is 12.6. The van der Waals surface area contributed by atoms with Gasteiger partial charge in [0.1, 0.15) is 0 Å². The number of benzene rings is 4. The number of rotatable bonds is 4. The Labute approximate surface area is 321 Å². The standard InChI is InChI=1S/C48H30N4.Zn/c1-3-32-27-38-28-36-25-26-37(49-36)31-44-41(4-2)45(34-19-11-6-12-20-34)48(52(44)40-23-15-8-16-24-40)46(35-21-13-7-14-22-35)47-42(33-17-9-5-10-18-33)29-39(51-47)30-43(32)50-38;/h1-2,5-31,50H;. The number of H-pyrrole nitrogens is 1. The predicted octanol–water partition coefficient (Wildman–Crippen LogP) is 10.8. The van der Waals surface area contributed by atoms with Gasteiger partial charge in [-0.1, -0.05) is 121 Å². The van der Waals surface area contributed by atoms with Crippen LogP contribution in [0.15, 0.2) is 146 Å². The van der Waals surface area contributed by atoms with Crippen molar-refractivity contribution in [3.05, 3.63) is 185 Å². The van der Waals surface area contributed by atoms with Crippen LogP contribution in [0.5, 0.6) is 0 Å². The molecule has 4 nitrogen and oxygen atoms in total. The summed E-state index contributed by atoms with van der Waals surface area (Å²) in [5, 5.41) is 0. The number of fused-ring (bicyclic) bond motifs is 8. The molecule has 0 saturated carbocycles. The molecule has 53 heavy (non-hydrogen) atoms. The summed E-state index contributed by atoms with van der Waals surface area (Å²) >= 11 is 0. The van der Waals surface area contributed by atoms with Gasteiger partial charge >= 0.3 is 0 Å². The Morgan fingerprint density at radius 3 is 1.77 bits per heavy atom. The third-order valence-corrected chi connectivity index (χ3v) is 9.43. The Morgan fingerprint density at radius 2 is 1.15 bits per heavy atom. The van der Waals surface area contributed by atoms with Crippen LogP contribution in [0, 0.1) is 24.7 Å². The molecule has 5 heterocycles. The van der Waals surface area contributed by atoms with Crippen molar-refractivity contribution >= 4 is 45.9 Å². The fourth-order valence-corrected chi connectivity index (χ4v) is 7.18. The van der Waals surface area contributed by atoms with Crippen molar-refractivity contribution in [1.82, 2.24) is 19.5 Å². The van der Waals surface area contributed by atoms with Gasteiger partial charge in [0, 0.05) is 52.9 Å². The summed E-state index contributed by atoms with van der Waals surface area (Å²) in [6.45, 7) is 0. The average Bonchev–Trinajstić information content (AvgIpc) is 3.98. The van der Waals surface area contributed by atoms with Crippen LogP contribution in [0.25, 0.3) is 73.8 Å². The van der Waals surface area contributed by atoms with E-state index in [9.17, 15) is 0 Å². The molecule has 0 amide bonds. The van der Waals surface area contributed by atoms with E-state index in [2.05, 4.69) is 131 Å². The van der Waals surface area contributed by atoms with Gasteiger partial charge in [-0.3, -0.25) is 0 Å². The maximum absolute atomic E-state index is 6.58. The molecule has 0 radical (unpaired) electrons. The molecule has 1 N–H and O–H groups in total. The molecule has 0 aliphatic carbocycles. The minimum atomic E-state index is 0. The Kier molecular flexibility index (Phi) is 8.87. The van der Waals surface area contributed by atoms with Crippen molar-refractivity contribution in [3.63, 3.8) is 0 Å². The molecule has 0 spiro atoms. The van der Waals surface area contributed by atoms with E-state index in [1.165, 1.54) is 0 Å². The smallest absolute Gasteiger partial charge is 0.0815 e. The number of aromatic amines is 1. The summed E-state index contributed by atoms with van der Waals surface area (Å²) in [7, 11) is 0. The number of terminal acetylenes is 2. The first kappa shape index (κ1) is 33.4. The zero-order valence-corrected chi connectivity index (χ0v) is 31.8. The van der Waals surface area contributed by atoms with Gasteiger partial charge in [-0.25, -0.2) is 9.97 Å². The normalized spacial score (nSPS) is 11.6. The molecule has 0 fully saturated rings. The largest absolute Gasteiger partial charge is 0.354 e. The topological polar surface area (TPSA) is 46.5 Å². The van der Waals surface area contributed by atoms with Crippen LogP contribution in [0.4, 0.5) is 0 Å². The third-order valence-electron chi connectivity index (χ3n) is 9.43. The molecule has 2 aliphatic heterocycles. The quantitative estimate of drug-likeness (QED) is 0.145. The first-order valence-electron chi connectivity index (χ1n) is 17.1. The molecule has 0 unspecified atom stereocenters. The molecule has 5 heteroatoms. The maximum Gasteiger partial charge on any atom is 0.0815 e. The predicted molar refractivity (Wildman–Crippen MR) is 215 cm³/mol. The van der Waals surface area contributed by atoms with Crippen LogP contribution in [-0.2, 0) is 19.5 Å². The number of hydrogen-bond donors (Lipinski definition) is 1. The Morgan fingerprint density at radius 1 is 0.566 bits per heavy atom. The SMILES string of the molecule is C#Cc1cc2cc3nc(cc4c(C#C)c(-c5ccccc5)c(c(-c5ccccc5)c5nc(cc1[nH]2)C=C5c1ccccc1)n4-c1ccccc1)C=C3.[Zn]. The van der Waals surface area contributed by atoms with Crippen LogP contribution in [0.1, 0.15) is 39.5 Å². The third kappa shape index (κ3) is 6.04. The van der Waals surface area contributed by atoms with Crippen LogP contribution >= 0.6 is 0 Å². The van der Waals surface area contributed by atoms with Gasteiger partial charge in [0.05, 0.1) is 44.9 Å². The number of para-hydroxylation sites is 1. The van der Waals surface area contributed by atoms with Crippen LogP contribution in [-0.4, -0.2) is 19.5 Å². The molecule has 0 saturated heterocycles. The molecule has 8 bridgehead atoms. The monoisotopic (exact) mass is 726 g/mol. The van der Waals surface area contributed by atoms with Gasteiger partial charge in [-0.05, 0) is 71.3 Å². The molecule has 2 aliphatic rings. The van der Waals surface area contributed by atoms with E-state index < -0.39 is 0 Å². The average molecular weight is 728 g/mol. The number of aromatic nitrogens is 4. The second-order valence-electron chi connectivity index (χ2n) is 12.6. The Bertz CT molecular complexity index is 2830. The minimum absolute atomic E-state index is 0. The van der Waals surface area contributed by atoms with Gasteiger partial charge in [0.25, 0.3) is 0 Å². The summed E-state index contributed by atoms with van der Waals surface area (Å²) in [5.74, 6) is 6.00. The fraction of sp³-hybridized carbons (Fsp3) is 0. The maximum atomic E-state index is 6.58. The van der Waals surface area contributed by atoms with Crippen molar-refractivity contribution in [2.24, 2.45) is 0 Å². The Balaban J connectivity index is 0.00000400. The zero-order chi connectivity index (χ0) is 35.0. The fourth-order valence-electron chi connectivity index (χ4n) is 7.18. The molecule has 0 atom stereocenters. The molecule has 9 rings (SSSR count). The van der Waals surface area contributed by atoms with Gasteiger partial charge in [-0.15, -0.1) is 12.8 Å². The van der Waals surface area contributed by atoms with Crippen LogP contribution < -0.4 is 0 Å². The molecule has 4 aromatic carbocycles. The van der Waals surface area contributed by atoms with Gasteiger partial charge in [0.2, 0.25) is 0 Å². The van der Waals surface area contributed by atoms with E-state index in [0.29, 0.717) is 0 Å². The van der Waals surface area contributed by atoms with E-state index in [-0.39, 0.29) is 19.5 Å². The summed E-state index contributed by atoms with van der Waals surface area (Å²) < 4.78 is 2.28. The number of nitrogens with zero attached hydrogens (tertiary/aromatic N) is 3. The molecular weight excluding hydrogens is 698 g/mol. The molecule has 244 valence electrons. The molecule has 3 aromatic heterocycles. The summed E-state index contributed by atoms with van der Waals surface area (Å²) in [6, 6.07) is 49.7. The van der Waals surface area contributed by atoms with Crippen LogP contribution in [0.3, 0.4) is 0 Å². The Hall–Kier alpha value is -6.78. The van der Waals surface area contributed by atoms with Crippen molar-refractivity contribution in [2.45, 2.75) is 0 Å². The van der Waals surface area contributed by atoms with Crippen molar-refractivity contribution < 1.29 is 19.5 Å². The summed E-state index contributed by atoms with van der Waals surface area (Å²) in [5.41, 5.74) is 15.0. The van der Waals surface area contributed by atoms with E-state index in [4.69, 9.17) is 22.8 Å². The van der Waals surface area contributed by atoms with Crippen molar-refractivity contribution in [2.75, 3.05) is 0 Å². The van der Waals surface area contributed by atoms with Crippen molar-refractivity contribution in [1.29, 1.82) is 0 Å². The van der Waals surface area contributed by atoms with Crippen LogP contribution in [0.2, 0.25) is 0 Å². The van der Waals surface area contributed by atoms with Gasteiger partial charge < -0.3 is 9.55 Å². The van der Waals surface area contributed by atoms with E-state index >= 15 is 0 Å². The molecule has 7 aromatic rings. The first-order chi connectivity index (χ1) is 25.7. The number of nitrogens with one attached hydrogen (secondary N) is 1. The first-order valence-corrected chi connectivity index (χ1v) is 17.1. The zero-order valence-electron chi connectivity index (χ0n) is 28.8. The second kappa shape index (κ2) is 14.1. The van der Waals surface area contributed by atoms with E-state index in [0.717, 1.165) is 95.0 Å².